The molecule has 0 aliphatic carbocycles. The monoisotopic (exact) mass is 435 g/mol. The number of likely N-dealkylation sites (tertiary alicyclic amines) is 1. The standard InChI is InChI=1S/C23H25N5O2S/c29-21(18-7-5-17(6-8-18)15-31-23-24-16-25-27-23)26-20-11-9-19(10-12-20)22(30)28-13-3-1-2-4-14-28/h5-12,16H,1-4,13-15H2,(H,26,29)(H,24,25,27). The molecule has 0 unspecified atom stereocenters. The van der Waals surface area contributed by atoms with Gasteiger partial charge in [0.1, 0.15) is 6.33 Å². The fourth-order valence-electron chi connectivity index (χ4n) is 3.52. The van der Waals surface area contributed by atoms with Gasteiger partial charge in [0.25, 0.3) is 11.8 Å². The fourth-order valence-corrected chi connectivity index (χ4v) is 4.26. The van der Waals surface area contributed by atoms with Gasteiger partial charge < -0.3 is 10.2 Å². The summed E-state index contributed by atoms with van der Waals surface area (Å²) in [5.74, 6) is 0.628. The van der Waals surface area contributed by atoms with Crippen LogP contribution >= 0.6 is 11.8 Å². The third-order valence-electron chi connectivity index (χ3n) is 5.27. The normalized spacial score (nSPS) is 14.1. The second-order valence-electron chi connectivity index (χ2n) is 7.51. The molecule has 0 radical (unpaired) electrons. The van der Waals surface area contributed by atoms with Crippen molar-refractivity contribution in [3.05, 3.63) is 71.5 Å². The summed E-state index contributed by atoms with van der Waals surface area (Å²) < 4.78 is 0. The number of amides is 2. The van der Waals surface area contributed by atoms with Gasteiger partial charge in [-0.25, -0.2) is 4.98 Å². The molecule has 0 atom stereocenters. The van der Waals surface area contributed by atoms with E-state index in [1.165, 1.54) is 19.2 Å². The predicted octanol–water partition coefficient (Wildman–Crippen LogP) is 4.37. The van der Waals surface area contributed by atoms with Gasteiger partial charge >= 0.3 is 0 Å². The highest BCUT2D eigenvalue weighted by molar-refractivity contribution is 7.98. The maximum atomic E-state index is 12.7. The number of H-pyrrole nitrogens is 1. The van der Waals surface area contributed by atoms with Crippen LogP contribution in [0.1, 0.15) is 52.0 Å². The molecule has 1 aliphatic heterocycles. The number of hydrogen-bond donors (Lipinski definition) is 2. The molecule has 0 saturated carbocycles. The number of thioether (sulfide) groups is 1. The van der Waals surface area contributed by atoms with Crippen molar-refractivity contribution in [2.75, 3.05) is 18.4 Å². The van der Waals surface area contributed by atoms with Crippen LogP contribution < -0.4 is 5.32 Å². The zero-order chi connectivity index (χ0) is 21.5. The average molecular weight is 436 g/mol. The van der Waals surface area contributed by atoms with Crippen molar-refractivity contribution in [3.63, 3.8) is 0 Å². The Hall–Kier alpha value is -3.13. The summed E-state index contributed by atoms with van der Waals surface area (Å²) in [5.41, 5.74) is 3.00. The van der Waals surface area contributed by atoms with Gasteiger partial charge in [-0.15, -0.1) is 0 Å². The van der Waals surface area contributed by atoms with Crippen LogP contribution in [-0.4, -0.2) is 45.0 Å². The SMILES string of the molecule is O=C(Nc1ccc(C(=O)N2CCCCCC2)cc1)c1ccc(CSc2ncn[nH]2)cc1. The topological polar surface area (TPSA) is 91.0 Å². The van der Waals surface area contributed by atoms with Crippen LogP contribution in [0, 0.1) is 0 Å². The van der Waals surface area contributed by atoms with E-state index in [4.69, 9.17) is 0 Å². The molecule has 4 rings (SSSR count). The quantitative estimate of drug-likeness (QED) is 0.561. The van der Waals surface area contributed by atoms with Crippen molar-refractivity contribution in [2.45, 2.75) is 36.6 Å². The van der Waals surface area contributed by atoms with E-state index < -0.39 is 0 Å². The predicted molar refractivity (Wildman–Crippen MR) is 121 cm³/mol. The van der Waals surface area contributed by atoms with Gasteiger partial charge in [0.15, 0.2) is 5.16 Å². The third-order valence-corrected chi connectivity index (χ3v) is 6.22. The van der Waals surface area contributed by atoms with E-state index >= 15 is 0 Å². The summed E-state index contributed by atoms with van der Waals surface area (Å²) in [7, 11) is 0. The Morgan fingerprint density at radius 3 is 2.26 bits per heavy atom. The lowest BCUT2D eigenvalue weighted by Gasteiger charge is -2.20. The Morgan fingerprint density at radius 1 is 0.935 bits per heavy atom. The van der Waals surface area contributed by atoms with Gasteiger partial charge in [0.05, 0.1) is 0 Å². The molecular formula is C23H25N5O2S. The zero-order valence-corrected chi connectivity index (χ0v) is 18.0. The van der Waals surface area contributed by atoms with E-state index in [0.717, 1.165) is 42.4 Å². The number of carbonyl (C=O) groups is 2. The highest BCUT2D eigenvalue weighted by atomic mass is 32.2. The highest BCUT2D eigenvalue weighted by Crippen LogP contribution is 2.19. The van der Waals surface area contributed by atoms with Crippen LogP contribution in [0.25, 0.3) is 0 Å². The van der Waals surface area contributed by atoms with E-state index in [1.54, 1.807) is 36.0 Å². The minimum Gasteiger partial charge on any atom is -0.339 e. The van der Waals surface area contributed by atoms with Crippen molar-refractivity contribution in [3.8, 4) is 0 Å². The van der Waals surface area contributed by atoms with Crippen molar-refractivity contribution >= 4 is 29.3 Å². The number of nitrogens with one attached hydrogen (secondary N) is 2. The lowest BCUT2D eigenvalue weighted by molar-refractivity contribution is 0.0761. The van der Waals surface area contributed by atoms with Gasteiger partial charge in [-0.2, -0.15) is 5.10 Å². The molecule has 31 heavy (non-hydrogen) atoms. The van der Waals surface area contributed by atoms with Crippen molar-refractivity contribution in [2.24, 2.45) is 0 Å². The second kappa shape index (κ2) is 10.3. The van der Waals surface area contributed by atoms with E-state index in [9.17, 15) is 9.59 Å². The van der Waals surface area contributed by atoms with Gasteiger partial charge in [-0.3, -0.25) is 14.7 Å². The largest absolute Gasteiger partial charge is 0.339 e. The number of aromatic amines is 1. The molecule has 160 valence electrons. The third kappa shape index (κ3) is 5.73. The van der Waals surface area contributed by atoms with Crippen LogP contribution in [0.2, 0.25) is 0 Å². The molecule has 1 aromatic heterocycles. The summed E-state index contributed by atoms with van der Waals surface area (Å²) in [6, 6.07) is 14.6. The Morgan fingerprint density at radius 2 is 1.61 bits per heavy atom. The first-order valence-corrected chi connectivity index (χ1v) is 11.5. The first-order valence-electron chi connectivity index (χ1n) is 10.5. The molecule has 2 aromatic carbocycles. The molecule has 1 saturated heterocycles. The van der Waals surface area contributed by atoms with Crippen LogP contribution in [0.15, 0.2) is 60.0 Å². The van der Waals surface area contributed by atoms with E-state index in [0.29, 0.717) is 16.8 Å². The molecule has 1 fully saturated rings. The first kappa shape index (κ1) is 21.1. The molecular weight excluding hydrogens is 410 g/mol. The number of benzene rings is 2. The van der Waals surface area contributed by atoms with Crippen molar-refractivity contribution in [1.82, 2.24) is 20.1 Å². The maximum Gasteiger partial charge on any atom is 0.255 e. The molecule has 7 nitrogen and oxygen atoms in total. The van der Waals surface area contributed by atoms with E-state index in [2.05, 4.69) is 20.5 Å². The van der Waals surface area contributed by atoms with Crippen LogP contribution in [0.4, 0.5) is 5.69 Å². The number of rotatable bonds is 6. The number of carbonyl (C=O) groups excluding carboxylic acids is 2. The average Bonchev–Trinajstić information content (AvgIpc) is 3.18. The van der Waals surface area contributed by atoms with Gasteiger partial charge in [-0.05, 0) is 54.8 Å². The Labute approximate surface area is 185 Å². The Balaban J connectivity index is 1.32. The zero-order valence-electron chi connectivity index (χ0n) is 17.2. The van der Waals surface area contributed by atoms with Crippen LogP contribution in [-0.2, 0) is 5.75 Å². The van der Waals surface area contributed by atoms with Crippen molar-refractivity contribution < 1.29 is 9.59 Å². The lowest BCUT2D eigenvalue weighted by atomic mass is 10.1. The number of anilines is 1. The number of nitrogens with zero attached hydrogens (tertiary/aromatic N) is 3. The Bertz CT molecular complexity index is 995. The summed E-state index contributed by atoms with van der Waals surface area (Å²) in [5, 5.41) is 10.3. The molecule has 2 amide bonds. The molecule has 0 bridgehead atoms. The molecule has 8 heteroatoms. The molecule has 2 N–H and O–H groups in total. The molecule has 1 aliphatic rings. The smallest absolute Gasteiger partial charge is 0.255 e. The number of aromatic nitrogens is 3. The van der Waals surface area contributed by atoms with E-state index in [-0.39, 0.29) is 11.8 Å². The molecule has 0 spiro atoms. The van der Waals surface area contributed by atoms with Gasteiger partial charge in [0, 0.05) is 35.7 Å². The number of hydrogen-bond acceptors (Lipinski definition) is 5. The van der Waals surface area contributed by atoms with Gasteiger partial charge in [0.2, 0.25) is 0 Å². The second-order valence-corrected chi connectivity index (χ2v) is 8.48. The minimum atomic E-state index is -0.180. The summed E-state index contributed by atoms with van der Waals surface area (Å²) in [6.45, 7) is 1.65. The minimum absolute atomic E-state index is 0.0681. The highest BCUT2D eigenvalue weighted by Gasteiger charge is 2.17. The van der Waals surface area contributed by atoms with Crippen LogP contribution in [0.5, 0.6) is 0 Å². The maximum absolute atomic E-state index is 12.7. The summed E-state index contributed by atoms with van der Waals surface area (Å²) in [6.07, 6.45) is 5.99. The summed E-state index contributed by atoms with van der Waals surface area (Å²) in [4.78, 5) is 31.3. The lowest BCUT2D eigenvalue weighted by Crippen LogP contribution is -2.31. The van der Waals surface area contributed by atoms with Gasteiger partial charge in [-0.1, -0.05) is 36.7 Å². The molecule has 2 heterocycles. The first-order chi connectivity index (χ1) is 15.2. The molecule has 3 aromatic rings. The fraction of sp³-hybridized carbons (Fsp3) is 0.304. The van der Waals surface area contributed by atoms with Crippen LogP contribution in [0.3, 0.4) is 0 Å². The van der Waals surface area contributed by atoms with Crippen molar-refractivity contribution in [1.29, 1.82) is 0 Å². The Kier molecular flexibility index (Phi) is 6.99. The van der Waals surface area contributed by atoms with E-state index in [1.807, 2.05) is 29.2 Å². The summed E-state index contributed by atoms with van der Waals surface area (Å²) >= 11 is 1.55.